The summed E-state index contributed by atoms with van der Waals surface area (Å²) in [5.74, 6) is -0.527. The molecule has 1 aliphatic rings. The van der Waals surface area contributed by atoms with E-state index in [1.807, 2.05) is 0 Å². The predicted molar refractivity (Wildman–Crippen MR) is 52.7 cm³/mol. The molecule has 1 aromatic rings. The molecule has 5 heteroatoms. The van der Waals surface area contributed by atoms with E-state index in [9.17, 15) is 9.90 Å². The fraction of sp³-hybridized carbons (Fsp3) is 0.0909. The van der Waals surface area contributed by atoms with Crippen LogP contribution in [0, 0.1) is 22.7 Å². The van der Waals surface area contributed by atoms with Crippen molar-refractivity contribution in [2.75, 3.05) is 0 Å². The molecule has 1 unspecified atom stereocenters. The van der Waals surface area contributed by atoms with Gasteiger partial charge in [-0.3, -0.25) is 9.78 Å². The van der Waals surface area contributed by atoms with Crippen LogP contribution in [0.5, 0.6) is 0 Å². The van der Waals surface area contributed by atoms with Gasteiger partial charge in [0.15, 0.2) is 5.78 Å². The summed E-state index contributed by atoms with van der Waals surface area (Å²) in [6.07, 6.45) is 1.32. The zero-order valence-electron chi connectivity index (χ0n) is 8.01. The van der Waals surface area contributed by atoms with Crippen molar-refractivity contribution in [3.8, 4) is 12.1 Å². The van der Waals surface area contributed by atoms with E-state index in [0.717, 1.165) is 0 Å². The third-order valence-corrected chi connectivity index (χ3v) is 2.39. The van der Waals surface area contributed by atoms with Crippen molar-refractivity contribution in [2.45, 2.75) is 6.10 Å². The number of carbonyl (C=O) groups is 1. The van der Waals surface area contributed by atoms with Crippen LogP contribution in [-0.2, 0) is 0 Å². The van der Waals surface area contributed by atoms with E-state index in [-0.39, 0.29) is 16.7 Å². The van der Waals surface area contributed by atoms with Crippen molar-refractivity contribution in [1.29, 1.82) is 10.5 Å². The molecule has 0 spiro atoms. The minimum atomic E-state index is -1.44. The topological polar surface area (TPSA) is 97.8 Å². The summed E-state index contributed by atoms with van der Waals surface area (Å²) in [7, 11) is 0. The largest absolute Gasteiger partial charge is 0.380 e. The Morgan fingerprint density at radius 3 is 2.69 bits per heavy atom. The summed E-state index contributed by atoms with van der Waals surface area (Å²) >= 11 is 0. The molecule has 1 aromatic heterocycles. The Morgan fingerprint density at radius 2 is 2.06 bits per heavy atom. The third kappa shape index (κ3) is 1.20. The summed E-state index contributed by atoms with van der Waals surface area (Å²) in [5.41, 5.74) is 0.483. The molecule has 1 atom stereocenters. The number of aromatic nitrogens is 1. The quantitative estimate of drug-likeness (QED) is 0.628. The minimum Gasteiger partial charge on any atom is -0.380 e. The molecule has 0 aliphatic heterocycles. The lowest BCUT2D eigenvalue weighted by Crippen LogP contribution is -2.14. The number of aliphatic hydroxyl groups excluding tert-OH is 1. The molecule has 76 valence electrons. The molecule has 1 N–H and O–H groups in total. The molecule has 0 amide bonds. The first-order valence-electron chi connectivity index (χ1n) is 4.41. The number of nitrogens with zero attached hydrogens (tertiary/aromatic N) is 3. The van der Waals surface area contributed by atoms with Crippen LogP contribution >= 0.6 is 0 Å². The van der Waals surface area contributed by atoms with Gasteiger partial charge in [0.05, 0.1) is 0 Å². The number of aliphatic hydroxyl groups is 1. The standard InChI is InChI=1S/C11H5N3O2/c12-3-6(4-13)9-7-1-2-14-5-8(7)10(15)11(9)16/h1-2,5,11,16H. The molecule has 0 saturated carbocycles. The number of nitriles is 2. The van der Waals surface area contributed by atoms with Gasteiger partial charge in [0.2, 0.25) is 0 Å². The minimum absolute atomic E-state index is 0.0763. The lowest BCUT2D eigenvalue weighted by molar-refractivity contribution is 0.0847. The molecule has 0 fully saturated rings. The first-order valence-corrected chi connectivity index (χ1v) is 4.41. The van der Waals surface area contributed by atoms with Gasteiger partial charge in [-0.15, -0.1) is 0 Å². The first-order chi connectivity index (χ1) is 7.70. The van der Waals surface area contributed by atoms with Gasteiger partial charge in [-0.2, -0.15) is 10.5 Å². The van der Waals surface area contributed by atoms with E-state index in [4.69, 9.17) is 10.5 Å². The van der Waals surface area contributed by atoms with E-state index in [0.29, 0.717) is 5.56 Å². The Labute approximate surface area is 90.9 Å². The number of pyridine rings is 1. The van der Waals surface area contributed by atoms with Crippen molar-refractivity contribution in [3.63, 3.8) is 0 Å². The molecule has 1 heterocycles. The number of hydrogen-bond donors (Lipinski definition) is 1. The summed E-state index contributed by atoms with van der Waals surface area (Å²) < 4.78 is 0. The number of hydrogen-bond acceptors (Lipinski definition) is 5. The smallest absolute Gasteiger partial charge is 0.198 e. The van der Waals surface area contributed by atoms with Crippen molar-refractivity contribution < 1.29 is 9.90 Å². The highest BCUT2D eigenvalue weighted by Crippen LogP contribution is 2.33. The van der Waals surface area contributed by atoms with Gasteiger partial charge in [-0.25, -0.2) is 0 Å². The Kier molecular flexibility index (Phi) is 2.24. The number of ketones is 1. The monoisotopic (exact) mass is 211 g/mol. The van der Waals surface area contributed by atoms with Crippen LogP contribution in [0.25, 0.3) is 5.57 Å². The maximum absolute atomic E-state index is 11.6. The van der Waals surface area contributed by atoms with E-state index in [2.05, 4.69) is 4.98 Å². The molecule has 16 heavy (non-hydrogen) atoms. The number of rotatable bonds is 0. The second-order valence-corrected chi connectivity index (χ2v) is 3.20. The average Bonchev–Trinajstić information content (AvgIpc) is 2.57. The second kappa shape index (κ2) is 3.58. The van der Waals surface area contributed by atoms with Crippen molar-refractivity contribution in [2.24, 2.45) is 0 Å². The van der Waals surface area contributed by atoms with Gasteiger partial charge in [-0.1, -0.05) is 0 Å². The van der Waals surface area contributed by atoms with Crippen molar-refractivity contribution >= 4 is 11.4 Å². The fourth-order valence-corrected chi connectivity index (χ4v) is 1.67. The molecule has 0 aromatic carbocycles. The van der Waals surface area contributed by atoms with Crippen LogP contribution < -0.4 is 0 Å². The Hall–Kier alpha value is -2.50. The van der Waals surface area contributed by atoms with Gasteiger partial charge in [0, 0.05) is 23.5 Å². The van der Waals surface area contributed by atoms with Crippen molar-refractivity contribution in [3.05, 3.63) is 35.2 Å². The van der Waals surface area contributed by atoms with Crippen molar-refractivity contribution in [1.82, 2.24) is 4.98 Å². The summed E-state index contributed by atoms with van der Waals surface area (Å²) in [6, 6.07) is 4.85. The first kappa shape index (κ1) is 10.0. The Morgan fingerprint density at radius 1 is 1.38 bits per heavy atom. The Balaban J connectivity index is 2.78. The molecule has 1 aliphatic carbocycles. The third-order valence-electron chi connectivity index (χ3n) is 2.39. The number of carbonyl (C=O) groups excluding carboxylic acids is 1. The lowest BCUT2D eigenvalue weighted by Gasteiger charge is -2.02. The molecule has 0 radical (unpaired) electrons. The highest BCUT2D eigenvalue weighted by atomic mass is 16.3. The van der Waals surface area contributed by atoms with Gasteiger partial charge in [0.25, 0.3) is 0 Å². The number of Topliss-reactive ketones (excluding diaryl/α,β-unsaturated/α-hetero) is 1. The number of fused-ring (bicyclic) bond motifs is 1. The zero-order chi connectivity index (χ0) is 11.7. The second-order valence-electron chi connectivity index (χ2n) is 3.20. The molecular weight excluding hydrogens is 206 g/mol. The summed E-state index contributed by atoms with van der Waals surface area (Å²) in [6.45, 7) is 0. The molecule has 0 bridgehead atoms. The van der Waals surface area contributed by atoms with Gasteiger partial charge >= 0.3 is 0 Å². The van der Waals surface area contributed by atoms with E-state index < -0.39 is 11.9 Å². The normalized spacial score (nSPS) is 17.6. The maximum atomic E-state index is 11.6. The Bertz CT molecular complexity index is 574. The van der Waals surface area contributed by atoms with Crippen LogP contribution in [0.4, 0.5) is 0 Å². The van der Waals surface area contributed by atoms with Gasteiger partial charge < -0.3 is 5.11 Å². The SMILES string of the molecule is N#CC(C#N)=C1c2ccncc2C(=O)C1O. The average molecular weight is 211 g/mol. The number of allylic oxidation sites excluding steroid dienone is 1. The van der Waals surface area contributed by atoms with E-state index >= 15 is 0 Å². The fourth-order valence-electron chi connectivity index (χ4n) is 1.67. The van der Waals surface area contributed by atoms with Gasteiger partial charge in [-0.05, 0) is 11.6 Å². The zero-order valence-corrected chi connectivity index (χ0v) is 8.01. The van der Waals surface area contributed by atoms with Crippen LogP contribution in [0.2, 0.25) is 0 Å². The highest BCUT2D eigenvalue weighted by Gasteiger charge is 2.36. The van der Waals surface area contributed by atoms with Crippen LogP contribution in [0.1, 0.15) is 15.9 Å². The maximum Gasteiger partial charge on any atom is 0.198 e. The van der Waals surface area contributed by atoms with Crippen LogP contribution in [-0.4, -0.2) is 22.0 Å². The summed E-state index contributed by atoms with van der Waals surface area (Å²) in [4.78, 5) is 15.4. The van der Waals surface area contributed by atoms with E-state index in [1.165, 1.54) is 18.5 Å². The molecule has 0 saturated heterocycles. The van der Waals surface area contributed by atoms with Crippen LogP contribution in [0.3, 0.4) is 0 Å². The molecule has 5 nitrogen and oxygen atoms in total. The summed E-state index contributed by atoms with van der Waals surface area (Å²) in [5, 5.41) is 27.2. The van der Waals surface area contributed by atoms with E-state index in [1.54, 1.807) is 12.1 Å². The molecular formula is C11H5N3O2. The lowest BCUT2D eigenvalue weighted by atomic mass is 10.0. The van der Waals surface area contributed by atoms with Crippen LogP contribution in [0.15, 0.2) is 24.0 Å². The highest BCUT2D eigenvalue weighted by molar-refractivity contribution is 6.16. The van der Waals surface area contributed by atoms with Gasteiger partial charge in [0.1, 0.15) is 23.8 Å². The molecule has 2 rings (SSSR count). The predicted octanol–water partition coefficient (Wildman–Crippen LogP) is 0.440.